The average Bonchev–Trinajstić information content (AvgIpc) is 2.96. The molecule has 1 aromatic heterocycles. The quantitative estimate of drug-likeness (QED) is 0.814. The maximum absolute atomic E-state index is 12.5. The normalized spacial score (nSPS) is 20.2. The van der Waals surface area contributed by atoms with Gasteiger partial charge in [0.05, 0.1) is 5.56 Å². The van der Waals surface area contributed by atoms with Crippen LogP contribution < -0.4 is 5.32 Å². The number of amides is 1. The van der Waals surface area contributed by atoms with E-state index in [1.54, 1.807) is 29.4 Å². The van der Waals surface area contributed by atoms with Crippen molar-refractivity contribution in [2.24, 2.45) is 0 Å². The molecule has 24 heavy (non-hydrogen) atoms. The van der Waals surface area contributed by atoms with Gasteiger partial charge in [-0.05, 0) is 18.6 Å². The van der Waals surface area contributed by atoms with Crippen LogP contribution in [0.1, 0.15) is 28.7 Å². The maximum Gasteiger partial charge on any atom is 0.451 e. The first-order chi connectivity index (χ1) is 11.2. The lowest BCUT2D eigenvalue weighted by molar-refractivity contribution is -0.144. The summed E-state index contributed by atoms with van der Waals surface area (Å²) >= 11 is 0. The highest BCUT2D eigenvalue weighted by Crippen LogP contribution is 2.30. The number of nitrogens with zero attached hydrogens (tertiary/aromatic N) is 2. The first-order valence-electron chi connectivity index (χ1n) is 6.81. The van der Waals surface area contributed by atoms with Gasteiger partial charge in [0.15, 0.2) is 5.60 Å². The number of aromatic nitrogens is 3. The fraction of sp³-hybridized carbons (Fsp3) is 0.286. The second-order valence-electron chi connectivity index (χ2n) is 5.41. The number of carbonyl (C=O) groups excluding carboxylic acids is 2. The van der Waals surface area contributed by atoms with Crippen LogP contribution in [-0.4, -0.2) is 32.7 Å². The number of fused-ring (bicyclic) bond motifs is 1. The first kappa shape index (κ1) is 16.0. The number of carbonyl (C=O) groups is 2. The van der Waals surface area contributed by atoms with E-state index < -0.39 is 35.4 Å². The van der Waals surface area contributed by atoms with Crippen LogP contribution in [0, 0.1) is 0 Å². The van der Waals surface area contributed by atoms with Crippen molar-refractivity contribution in [3.63, 3.8) is 0 Å². The third-order valence-corrected chi connectivity index (χ3v) is 3.54. The molecule has 126 valence electrons. The molecule has 1 aliphatic heterocycles. The van der Waals surface area contributed by atoms with Gasteiger partial charge in [-0.25, -0.2) is 4.79 Å². The van der Waals surface area contributed by atoms with Gasteiger partial charge in [0, 0.05) is 6.42 Å². The molecule has 0 fully saturated rings. The van der Waals surface area contributed by atoms with Crippen LogP contribution in [0.5, 0.6) is 0 Å². The van der Waals surface area contributed by atoms with Crippen LogP contribution >= 0.6 is 0 Å². The molecule has 0 bridgehead atoms. The monoisotopic (exact) mass is 340 g/mol. The summed E-state index contributed by atoms with van der Waals surface area (Å²) in [6.07, 6.45) is -4.63. The molecule has 0 radical (unpaired) electrons. The molecular weight excluding hydrogens is 329 g/mol. The lowest BCUT2D eigenvalue weighted by Crippen LogP contribution is -2.49. The van der Waals surface area contributed by atoms with Crippen molar-refractivity contribution in [2.75, 3.05) is 5.32 Å². The number of rotatable bonds is 2. The minimum absolute atomic E-state index is 0.0807. The Kier molecular flexibility index (Phi) is 3.54. The summed E-state index contributed by atoms with van der Waals surface area (Å²) in [5, 5.41) is 7.09. The molecule has 2 N–H and O–H groups in total. The molecule has 0 unspecified atom stereocenters. The van der Waals surface area contributed by atoms with E-state index in [0.717, 1.165) is 0 Å². The number of cyclic esters (lactones) is 1. The summed E-state index contributed by atoms with van der Waals surface area (Å²) in [6.45, 7) is 1.37. The number of hydrogen-bond acceptors (Lipinski definition) is 5. The highest BCUT2D eigenvalue weighted by Gasteiger charge is 2.43. The van der Waals surface area contributed by atoms with Crippen LogP contribution in [0.2, 0.25) is 0 Å². The Morgan fingerprint density at radius 3 is 2.75 bits per heavy atom. The Morgan fingerprint density at radius 1 is 1.38 bits per heavy atom. The molecule has 0 saturated heterocycles. The Balaban J connectivity index is 1.80. The minimum Gasteiger partial charge on any atom is -0.445 e. The van der Waals surface area contributed by atoms with Gasteiger partial charge >= 0.3 is 12.1 Å². The third-order valence-electron chi connectivity index (χ3n) is 3.54. The smallest absolute Gasteiger partial charge is 0.445 e. The van der Waals surface area contributed by atoms with Crippen LogP contribution in [-0.2, 0) is 22.1 Å². The summed E-state index contributed by atoms with van der Waals surface area (Å²) < 4.78 is 42.6. The molecule has 7 nitrogen and oxygen atoms in total. The topological polar surface area (TPSA) is 97.0 Å². The highest BCUT2D eigenvalue weighted by atomic mass is 19.4. The lowest BCUT2D eigenvalue weighted by Gasteiger charge is -2.32. The van der Waals surface area contributed by atoms with E-state index in [1.807, 2.05) is 0 Å². The number of esters is 1. The van der Waals surface area contributed by atoms with Crippen molar-refractivity contribution in [2.45, 2.75) is 25.1 Å². The van der Waals surface area contributed by atoms with Crippen molar-refractivity contribution in [1.29, 1.82) is 0 Å². The zero-order valence-electron chi connectivity index (χ0n) is 12.3. The molecule has 3 rings (SSSR count). The van der Waals surface area contributed by atoms with E-state index in [9.17, 15) is 22.8 Å². The Morgan fingerprint density at radius 2 is 2.08 bits per heavy atom. The van der Waals surface area contributed by atoms with Crippen molar-refractivity contribution < 1.29 is 27.5 Å². The van der Waals surface area contributed by atoms with Gasteiger partial charge in [-0.1, -0.05) is 18.2 Å². The van der Waals surface area contributed by atoms with Crippen molar-refractivity contribution >= 4 is 17.8 Å². The number of alkyl halides is 3. The van der Waals surface area contributed by atoms with Crippen molar-refractivity contribution in [3.05, 3.63) is 41.2 Å². The maximum atomic E-state index is 12.5. The highest BCUT2D eigenvalue weighted by molar-refractivity contribution is 6.01. The number of hydrogen-bond donors (Lipinski definition) is 2. The molecular formula is C14H11F3N4O3. The number of anilines is 1. The molecule has 2 aromatic rings. The average molecular weight is 340 g/mol. The largest absolute Gasteiger partial charge is 0.451 e. The van der Waals surface area contributed by atoms with Gasteiger partial charge in [0.1, 0.15) is 0 Å². The van der Waals surface area contributed by atoms with Crippen LogP contribution in [0.25, 0.3) is 0 Å². The zero-order valence-corrected chi connectivity index (χ0v) is 12.3. The first-order valence-corrected chi connectivity index (χ1v) is 6.81. The molecule has 1 aliphatic rings. The van der Waals surface area contributed by atoms with Crippen LogP contribution in [0.4, 0.5) is 19.1 Å². The summed E-state index contributed by atoms with van der Waals surface area (Å²) in [5.41, 5.74) is -0.623. The molecule has 2 heterocycles. The van der Waals surface area contributed by atoms with E-state index >= 15 is 0 Å². The van der Waals surface area contributed by atoms with E-state index in [2.05, 4.69) is 15.4 Å². The number of halogens is 3. The summed E-state index contributed by atoms with van der Waals surface area (Å²) in [7, 11) is 0. The summed E-state index contributed by atoms with van der Waals surface area (Å²) in [6, 6.07) is 6.62. The molecule has 0 aliphatic carbocycles. The number of ether oxygens (including phenoxy) is 1. The molecule has 1 amide bonds. The lowest BCUT2D eigenvalue weighted by atomic mass is 9.89. The summed E-state index contributed by atoms with van der Waals surface area (Å²) in [4.78, 5) is 27.5. The molecule has 0 saturated carbocycles. The van der Waals surface area contributed by atoms with E-state index in [0.29, 0.717) is 11.1 Å². The van der Waals surface area contributed by atoms with Gasteiger partial charge in [-0.2, -0.15) is 18.2 Å². The fourth-order valence-electron chi connectivity index (χ4n) is 2.34. The molecule has 1 aromatic carbocycles. The predicted octanol–water partition coefficient (Wildman–Crippen LogP) is 1.93. The van der Waals surface area contributed by atoms with Gasteiger partial charge < -0.3 is 4.74 Å². The van der Waals surface area contributed by atoms with E-state index in [4.69, 9.17) is 4.74 Å². The SMILES string of the molecule is C[C@]1(C(=O)Nc2n[nH]c(C(F)(F)F)n2)Cc2ccccc2C(=O)O1. The Labute approximate surface area is 133 Å². The Hall–Kier alpha value is -2.91. The number of aromatic amines is 1. The molecule has 10 heteroatoms. The van der Waals surface area contributed by atoms with E-state index in [-0.39, 0.29) is 6.42 Å². The Bertz CT molecular complexity index is 818. The van der Waals surface area contributed by atoms with Gasteiger partial charge in [-0.3, -0.25) is 15.2 Å². The van der Waals surface area contributed by atoms with Gasteiger partial charge in [0.2, 0.25) is 11.8 Å². The van der Waals surface area contributed by atoms with Crippen molar-refractivity contribution in [3.8, 4) is 0 Å². The van der Waals surface area contributed by atoms with Crippen LogP contribution in [0.15, 0.2) is 24.3 Å². The standard InChI is InChI=1S/C14H11F3N4O3/c1-13(6-7-4-2-3-5-8(7)9(22)24-13)11(23)19-12-18-10(20-21-12)14(15,16)17/h2-5H,6H2,1H3,(H2,18,19,20,21,23)/t13-/m1/s1. The zero-order chi connectivity index (χ0) is 17.5. The van der Waals surface area contributed by atoms with Crippen LogP contribution in [0.3, 0.4) is 0 Å². The number of nitrogens with one attached hydrogen (secondary N) is 2. The molecule has 1 atom stereocenters. The summed E-state index contributed by atoms with van der Waals surface area (Å²) in [5.74, 6) is -3.39. The van der Waals surface area contributed by atoms with E-state index in [1.165, 1.54) is 6.92 Å². The number of H-pyrrole nitrogens is 1. The number of benzene rings is 1. The second-order valence-corrected chi connectivity index (χ2v) is 5.41. The van der Waals surface area contributed by atoms with Crippen molar-refractivity contribution in [1.82, 2.24) is 15.2 Å². The van der Waals surface area contributed by atoms with Gasteiger partial charge in [-0.15, -0.1) is 5.10 Å². The minimum atomic E-state index is -4.71. The third kappa shape index (κ3) is 2.82. The molecule has 0 spiro atoms. The predicted molar refractivity (Wildman–Crippen MR) is 74.0 cm³/mol. The van der Waals surface area contributed by atoms with Gasteiger partial charge in [0.25, 0.3) is 5.91 Å². The fourth-order valence-corrected chi connectivity index (χ4v) is 2.34. The second kappa shape index (κ2) is 5.32.